The van der Waals surface area contributed by atoms with E-state index < -0.39 is 0 Å². The van der Waals surface area contributed by atoms with Crippen LogP contribution in [0.4, 0.5) is 0 Å². The van der Waals surface area contributed by atoms with E-state index in [9.17, 15) is 0 Å². The molecule has 2 rings (SSSR count). The summed E-state index contributed by atoms with van der Waals surface area (Å²) in [6.45, 7) is 2.81. The van der Waals surface area contributed by atoms with Crippen molar-refractivity contribution in [2.45, 2.75) is 25.4 Å². The van der Waals surface area contributed by atoms with Crippen molar-refractivity contribution in [2.75, 3.05) is 19.8 Å². The highest BCUT2D eigenvalue weighted by Gasteiger charge is 2.28. The van der Waals surface area contributed by atoms with Crippen LogP contribution in [0, 0.1) is 5.92 Å². The first-order valence-corrected chi connectivity index (χ1v) is 4.16. The van der Waals surface area contributed by atoms with Gasteiger partial charge in [0.05, 0.1) is 12.7 Å². The zero-order valence-electron chi connectivity index (χ0n) is 6.21. The Bertz CT molecular complexity index is 87.8. The van der Waals surface area contributed by atoms with Gasteiger partial charge in [-0.3, -0.25) is 0 Å². The third-order valence-corrected chi connectivity index (χ3v) is 2.46. The van der Waals surface area contributed by atoms with Crippen molar-refractivity contribution in [1.29, 1.82) is 0 Å². The minimum atomic E-state index is 0.530. The van der Waals surface area contributed by atoms with Crippen molar-refractivity contribution in [2.24, 2.45) is 5.92 Å². The molecular weight excluding hydrogens is 128 g/mol. The fourth-order valence-electron chi connectivity index (χ4n) is 1.85. The van der Waals surface area contributed by atoms with E-state index in [-0.39, 0.29) is 0 Å². The second kappa shape index (κ2) is 2.89. The van der Waals surface area contributed by atoms with E-state index >= 15 is 0 Å². The van der Waals surface area contributed by atoms with Crippen LogP contribution in [0.25, 0.3) is 0 Å². The number of hydrogen-bond acceptors (Lipinski definition) is 2. The highest BCUT2D eigenvalue weighted by atomic mass is 16.5. The lowest BCUT2D eigenvalue weighted by Crippen LogP contribution is -2.37. The molecular formula is C8H14O2. The number of ether oxygens (including phenoxy) is 2. The van der Waals surface area contributed by atoms with Crippen LogP contribution in [0.2, 0.25) is 0 Å². The number of rotatable bonds is 0. The fourth-order valence-corrected chi connectivity index (χ4v) is 1.85. The van der Waals surface area contributed by atoms with Gasteiger partial charge in [0.2, 0.25) is 0 Å². The first kappa shape index (κ1) is 6.62. The smallest absolute Gasteiger partial charge is 0.0647 e. The summed E-state index contributed by atoms with van der Waals surface area (Å²) in [6.07, 6.45) is 4.18. The van der Waals surface area contributed by atoms with Gasteiger partial charge in [-0.1, -0.05) is 0 Å². The molecule has 10 heavy (non-hydrogen) atoms. The normalized spacial score (nSPS) is 40.8. The van der Waals surface area contributed by atoms with Crippen molar-refractivity contribution < 1.29 is 9.47 Å². The third-order valence-electron chi connectivity index (χ3n) is 2.46. The largest absolute Gasteiger partial charge is 0.381 e. The molecule has 0 aromatic rings. The minimum Gasteiger partial charge on any atom is -0.381 e. The molecule has 2 fully saturated rings. The van der Waals surface area contributed by atoms with Crippen LogP contribution in [0.15, 0.2) is 0 Å². The highest BCUT2D eigenvalue weighted by molar-refractivity contribution is 4.77. The Balaban J connectivity index is 1.93. The highest BCUT2D eigenvalue weighted by Crippen LogP contribution is 2.26. The van der Waals surface area contributed by atoms with Crippen LogP contribution in [0.3, 0.4) is 0 Å². The lowest BCUT2D eigenvalue weighted by Gasteiger charge is -2.35. The van der Waals surface area contributed by atoms with Gasteiger partial charge in [-0.2, -0.15) is 0 Å². The average molecular weight is 142 g/mol. The van der Waals surface area contributed by atoms with Crippen molar-refractivity contribution in [3.05, 3.63) is 0 Å². The van der Waals surface area contributed by atoms with Crippen LogP contribution < -0.4 is 0 Å². The molecule has 0 N–H and O–H groups in total. The van der Waals surface area contributed by atoms with E-state index in [1.807, 2.05) is 0 Å². The Labute approximate surface area is 61.5 Å². The molecule has 2 heterocycles. The van der Waals surface area contributed by atoms with Gasteiger partial charge < -0.3 is 9.47 Å². The summed E-state index contributed by atoms with van der Waals surface area (Å²) < 4.78 is 11.0. The molecule has 2 aliphatic rings. The Morgan fingerprint density at radius 3 is 3.00 bits per heavy atom. The molecule has 0 aromatic carbocycles. The SMILES string of the molecule is C1COC2CCOCC2C1. The molecule has 2 saturated heterocycles. The molecule has 0 amide bonds. The average Bonchev–Trinajstić information content (AvgIpc) is 2.05. The Kier molecular flexibility index (Phi) is 1.91. The molecule has 2 nitrogen and oxygen atoms in total. The van der Waals surface area contributed by atoms with E-state index in [1.54, 1.807) is 0 Å². The Hall–Kier alpha value is -0.0800. The fraction of sp³-hybridized carbons (Fsp3) is 1.00. The molecule has 0 aliphatic carbocycles. The summed E-state index contributed by atoms with van der Waals surface area (Å²) in [7, 11) is 0. The van der Waals surface area contributed by atoms with Crippen LogP contribution in [-0.4, -0.2) is 25.9 Å². The van der Waals surface area contributed by atoms with E-state index in [0.29, 0.717) is 12.0 Å². The van der Waals surface area contributed by atoms with E-state index in [1.165, 1.54) is 12.8 Å². The van der Waals surface area contributed by atoms with E-state index in [0.717, 1.165) is 26.2 Å². The van der Waals surface area contributed by atoms with Crippen LogP contribution in [0.5, 0.6) is 0 Å². The van der Waals surface area contributed by atoms with Gasteiger partial charge in [0.25, 0.3) is 0 Å². The second-order valence-electron chi connectivity index (χ2n) is 3.18. The standard InChI is InChI=1S/C8H14O2/c1-2-7-6-9-5-3-8(7)10-4-1/h7-8H,1-6H2. The quantitative estimate of drug-likeness (QED) is 0.506. The molecule has 2 aliphatic heterocycles. The summed E-state index contributed by atoms with van der Waals surface area (Å²) in [4.78, 5) is 0. The minimum absolute atomic E-state index is 0.530. The van der Waals surface area contributed by atoms with Crippen LogP contribution in [-0.2, 0) is 9.47 Å². The maximum atomic E-state index is 5.60. The van der Waals surface area contributed by atoms with Gasteiger partial charge in [0.15, 0.2) is 0 Å². The summed E-state index contributed by atoms with van der Waals surface area (Å²) in [5.41, 5.74) is 0. The molecule has 0 aromatic heterocycles. The maximum Gasteiger partial charge on any atom is 0.0647 e. The lowest BCUT2D eigenvalue weighted by atomic mass is 9.92. The topological polar surface area (TPSA) is 18.5 Å². The zero-order chi connectivity index (χ0) is 6.81. The summed E-state index contributed by atoms with van der Waals surface area (Å²) >= 11 is 0. The van der Waals surface area contributed by atoms with E-state index in [2.05, 4.69) is 0 Å². The van der Waals surface area contributed by atoms with Gasteiger partial charge in [0.1, 0.15) is 0 Å². The third kappa shape index (κ3) is 1.18. The van der Waals surface area contributed by atoms with Crippen LogP contribution in [0.1, 0.15) is 19.3 Å². The number of fused-ring (bicyclic) bond motifs is 1. The second-order valence-corrected chi connectivity index (χ2v) is 3.18. The van der Waals surface area contributed by atoms with Crippen molar-refractivity contribution in [3.63, 3.8) is 0 Å². The molecule has 0 spiro atoms. The molecule has 58 valence electrons. The Morgan fingerprint density at radius 2 is 2.10 bits per heavy atom. The van der Waals surface area contributed by atoms with Crippen LogP contribution >= 0.6 is 0 Å². The number of hydrogen-bond donors (Lipinski definition) is 0. The predicted molar refractivity (Wildman–Crippen MR) is 37.9 cm³/mol. The lowest BCUT2D eigenvalue weighted by molar-refractivity contribution is -0.101. The van der Waals surface area contributed by atoms with Crippen molar-refractivity contribution >= 4 is 0 Å². The van der Waals surface area contributed by atoms with Gasteiger partial charge in [-0.15, -0.1) is 0 Å². The maximum absolute atomic E-state index is 5.60. The molecule has 0 radical (unpaired) electrons. The van der Waals surface area contributed by atoms with Gasteiger partial charge in [-0.25, -0.2) is 0 Å². The summed E-state index contributed by atoms with van der Waals surface area (Å²) in [5.74, 6) is 0.711. The molecule has 0 bridgehead atoms. The van der Waals surface area contributed by atoms with Gasteiger partial charge in [-0.05, 0) is 19.3 Å². The van der Waals surface area contributed by atoms with Crippen molar-refractivity contribution in [1.82, 2.24) is 0 Å². The first-order chi connectivity index (χ1) is 4.97. The monoisotopic (exact) mass is 142 g/mol. The van der Waals surface area contributed by atoms with Crippen molar-refractivity contribution in [3.8, 4) is 0 Å². The molecule has 0 saturated carbocycles. The van der Waals surface area contributed by atoms with Gasteiger partial charge in [0, 0.05) is 19.1 Å². The predicted octanol–water partition coefficient (Wildman–Crippen LogP) is 1.20. The first-order valence-electron chi connectivity index (χ1n) is 4.16. The van der Waals surface area contributed by atoms with E-state index in [4.69, 9.17) is 9.47 Å². The van der Waals surface area contributed by atoms with Gasteiger partial charge >= 0.3 is 0 Å². The Morgan fingerprint density at radius 1 is 1.10 bits per heavy atom. The molecule has 2 unspecified atom stereocenters. The molecule has 2 heteroatoms. The zero-order valence-corrected chi connectivity index (χ0v) is 6.21. The molecule has 2 atom stereocenters. The summed E-state index contributed by atoms with van der Waals surface area (Å²) in [6, 6.07) is 0. The summed E-state index contributed by atoms with van der Waals surface area (Å²) in [5, 5.41) is 0.